The molecule has 2 aliphatic carbocycles. The van der Waals surface area contributed by atoms with Crippen molar-refractivity contribution < 1.29 is 151 Å². The molecule has 4 rings (SSSR count). The summed E-state index contributed by atoms with van der Waals surface area (Å²) < 4.78 is 0. The van der Waals surface area contributed by atoms with Gasteiger partial charge in [-0.1, -0.05) is 24.3 Å². The van der Waals surface area contributed by atoms with Crippen molar-refractivity contribution in [2.24, 2.45) is 0 Å². The first-order valence-corrected chi connectivity index (χ1v) is 9.72. The minimum atomic E-state index is 0. The quantitative estimate of drug-likeness (QED) is 0.533. The van der Waals surface area contributed by atoms with Crippen LogP contribution in [0.2, 0.25) is 0 Å². The summed E-state index contributed by atoms with van der Waals surface area (Å²) in [6.45, 7) is 0. The molecule has 0 N–H and O–H groups in total. The monoisotopic (exact) mass is 486 g/mol. The molecule has 6 heteroatoms. The van der Waals surface area contributed by atoms with Crippen molar-refractivity contribution in [1.82, 2.24) is 0 Å². The number of benzene rings is 2. The molecule has 0 nitrogen and oxygen atoms in total. The number of rotatable bonds is 1. The molecule has 2 aliphatic rings. The van der Waals surface area contributed by atoms with Gasteiger partial charge in [-0.2, -0.15) is 0 Å². The molecule has 0 fully saturated rings. The fourth-order valence-corrected chi connectivity index (χ4v) is 5.11. The summed E-state index contributed by atoms with van der Waals surface area (Å²) in [5.41, 5.74) is 9.50. The summed E-state index contributed by atoms with van der Waals surface area (Å²) in [7, 11) is 5.99. The van der Waals surface area contributed by atoms with Crippen molar-refractivity contribution >= 4 is 29.1 Å². The van der Waals surface area contributed by atoms with E-state index in [2.05, 4.69) is 42.7 Å². The fraction of sp³-hybridized carbons (Fsp3) is 0.400. The first-order valence-electron chi connectivity index (χ1n) is 8.56. The molecule has 0 spiro atoms. The van der Waals surface area contributed by atoms with E-state index in [0.717, 1.165) is 0 Å². The fourth-order valence-electron chi connectivity index (χ4n) is 4.28. The topological polar surface area (TPSA) is 0 Å². The molecule has 0 aliphatic heterocycles. The first kappa shape index (κ1) is 30.3. The third-order valence-electron chi connectivity index (χ3n) is 5.38. The van der Waals surface area contributed by atoms with E-state index in [9.17, 15) is 0 Å². The summed E-state index contributed by atoms with van der Waals surface area (Å²) >= 11 is 0. The molecule has 146 valence electrons. The van der Waals surface area contributed by atoms with Crippen LogP contribution in [0.25, 0.3) is 11.1 Å². The zero-order valence-electron chi connectivity index (χ0n) is 14.5. The standard InChI is InChI=1S/C20H24P2.4Ar/c21-17-11-9-13-5-1-3-7-15(13)19(17)20-16-8-4-2-6-14(16)10-12-18(20)22;;;;/h9-12H,1-8,21-22H2;;;;. The summed E-state index contributed by atoms with van der Waals surface area (Å²) in [5.74, 6) is 0. The maximum atomic E-state index is 3.00. The minimum Gasteiger partial charge on any atom is -0.105 e. The minimum absolute atomic E-state index is 0. The third kappa shape index (κ3) is 6.67. The van der Waals surface area contributed by atoms with Crippen LogP contribution in [-0.2, 0) is 25.7 Å². The van der Waals surface area contributed by atoms with Gasteiger partial charge in [0.05, 0.1) is 0 Å². The van der Waals surface area contributed by atoms with Crippen LogP contribution in [0.4, 0.5) is 0 Å². The number of hydrogen-bond acceptors (Lipinski definition) is 0. The van der Waals surface area contributed by atoms with Crippen LogP contribution in [0, 0.1) is 151 Å². The van der Waals surface area contributed by atoms with Crippen LogP contribution in [0.15, 0.2) is 24.3 Å². The molecular formula is C20H24Ar4P2. The van der Waals surface area contributed by atoms with Gasteiger partial charge in [-0.3, -0.25) is 0 Å². The van der Waals surface area contributed by atoms with Crippen molar-refractivity contribution in [3.05, 3.63) is 46.5 Å². The van der Waals surface area contributed by atoms with Gasteiger partial charge in [0.1, 0.15) is 0 Å². The van der Waals surface area contributed by atoms with Gasteiger partial charge in [-0.15, -0.1) is 18.5 Å². The smallest absolute Gasteiger partial charge is 0 e. The Hall–Kier alpha value is 4.34. The van der Waals surface area contributed by atoms with Crippen LogP contribution < -0.4 is 10.6 Å². The number of aryl methyl sites for hydroxylation is 2. The predicted molar refractivity (Wildman–Crippen MR) is 104 cm³/mol. The Morgan fingerprint density at radius 2 is 0.846 bits per heavy atom. The zero-order valence-corrected chi connectivity index (χ0v) is 19.7. The molecule has 0 aromatic heterocycles. The maximum Gasteiger partial charge on any atom is 0 e. The van der Waals surface area contributed by atoms with Crippen LogP contribution in [-0.4, -0.2) is 0 Å². The summed E-state index contributed by atoms with van der Waals surface area (Å²) in [6.07, 6.45) is 10.4. The van der Waals surface area contributed by atoms with Gasteiger partial charge in [0.15, 0.2) is 0 Å². The van der Waals surface area contributed by atoms with Crippen molar-refractivity contribution in [2.45, 2.75) is 51.4 Å². The van der Waals surface area contributed by atoms with Gasteiger partial charge in [-0.25, -0.2) is 0 Å². The van der Waals surface area contributed by atoms with Crippen molar-refractivity contribution in [3.63, 3.8) is 0 Å². The van der Waals surface area contributed by atoms with Crippen LogP contribution in [0.3, 0.4) is 0 Å². The Morgan fingerprint density at radius 3 is 1.23 bits per heavy atom. The Bertz CT molecular complexity index is 684. The van der Waals surface area contributed by atoms with Crippen LogP contribution >= 0.6 is 18.5 Å². The molecular weight excluding hydrogens is 462 g/mol. The largest absolute Gasteiger partial charge is 0.105 e. The van der Waals surface area contributed by atoms with Gasteiger partial charge in [-0.05, 0) is 95.4 Å². The molecule has 0 radical (unpaired) electrons. The van der Waals surface area contributed by atoms with Crippen molar-refractivity contribution in [3.8, 4) is 11.1 Å². The second-order valence-electron chi connectivity index (χ2n) is 6.75. The molecule has 0 heterocycles. The van der Waals surface area contributed by atoms with Crippen LogP contribution in [0.5, 0.6) is 0 Å². The van der Waals surface area contributed by atoms with E-state index in [1.165, 1.54) is 73.1 Å². The molecule has 0 bridgehead atoms. The molecule has 0 saturated heterocycles. The molecule has 0 amide bonds. The average Bonchev–Trinajstić information content (AvgIpc) is 2.56. The van der Waals surface area contributed by atoms with Gasteiger partial charge in [0.2, 0.25) is 0 Å². The Balaban J connectivity index is 0.00000156. The molecule has 2 aromatic carbocycles. The van der Waals surface area contributed by atoms with Gasteiger partial charge >= 0.3 is 0 Å². The van der Waals surface area contributed by atoms with E-state index in [-0.39, 0.29) is 151 Å². The summed E-state index contributed by atoms with van der Waals surface area (Å²) in [6, 6.07) is 9.35. The second-order valence-corrected chi connectivity index (χ2v) is 7.99. The third-order valence-corrected chi connectivity index (χ3v) is 6.34. The SMILES string of the molecule is Pc1ccc2c(c1-c1c(P)ccc3c1CCCC3)CCCC2.[Ar].[Ar].[Ar].[Ar]. The van der Waals surface area contributed by atoms with Crippen LogP contribution in [0.1, 0.15) is 47.9 Å². The summed E-state index contributed by atoms with van der Waals surface area (Å²) in [5, 5.41) is 2.76. The van der Waals surface area contributed by atoms with E-state index < -0.39 is 0 Å². The normalized spacial score (nSPS) is 14.4. The van der Waals surface area contributed by atoms with E-state index in [1.54, 1.807) is 22.3 Å². The van der Waals surface area contributed by atoms with Gasteiger partial charge in [0.25, 0.3) is 0 Å². The van der Waals surface area contributed by atoms with Gasteiger partial charge in [0, 0.05) is 151 Å². The zero-order chi connectivity index (χ0) is 15.1. The maximum absolute atomic E-state index is 3.00. The van der Waals surface area contributed by atoms with Gasteiger partial charge < -0.3 is 0 Å². The summed E-state index contributed by atoms with van der Waals surface area (Å²) in [4.78, 5) is 0. The Kier molecular flexibility index (Phi) is 16.9. The average molecular weight is 486 g/mol. The predicted octanol–water partition coefficient (Wildman–Crippen LogP) is 4.11. The first-order chi connectivity index (χ1) is 10.8. The Morgan fingerprint density at radius 1 is 0.500 bits per heavy atom. The molecule has 2 unspecified atom stereocenters. The molecule has 0 saturated carbocycles. The van der Waals surface area contributed by atoms with E-state index in [1.807, 2.05) is 0 Å². The number of hydrogen-bond donors (Lipinski definition) is 0. The Labute approximate surface area is 283 Å². The molecule has 2 aromatic rings. The molecule has 26 heavy (non-hydrogen) atoms. The second kappa shape index (κ2) is 14.5. The number of fused-ring (bicyclic) bond motifs is 2. The van der Waals surface area contributed by atoms with Crippen molar-refractivity contribution in [2.75, 3.05) is 0 Å². The van der Waals surface area contributed by atoms with E-state index in [0.29, 0.717) is 0 Å². The molecule has 2 atom stereocenters. The van der Waals surface area contributed by atoms with E-state index >= 15 is 0 Å². The van der Waals surface area contributed by atoms with E-state index in [4.69, 9.17) is 0 Å². The van der Waals surface area contributed by atoms with Crippen molar-refractivity contribution in [1.29, 1.82) is 0 Å².